The molecule has 3 rings (SSSR count). The van der Waals surface area contributed by atoms with Crippen LogP contribution in [0.25, 0.3) is 0 Å². The lowest BCUT2D eigenvalue weighted by molar-refractivity contribution is 0.102. The minimum atomic E-state index is -0.287. The Hall–Kier alpha value is -3.41. The van der Waals surface area contributed by atoms with Crippen LogP contribution < -0.4 is 15.4 Å². The van der Waals surface area contributed by atoms with Crippen molar-refractivity contribution in [1.29, 1.82) is 0 Å². The molecular formula is C22H24N4O2. The number of ether oxygens (including phenoxy) is 1. The number of nitrogens with one attached hydrogen (secondary N) is 2. The lowest BCUT2D eigenvalue weighted by Gasteiger charge is -2.14. The monoisotopic (exact) mass is 376 g/mol. The first-order valence-corrected chi connectivity index (χ1v) is 9.20. The van der Waals surface area contributed by atoms with Crippen LogP contribution in [0.3, 0.4) is 0 Å². The van der Waals surface area contributed by atoms with Gasteiger partial charge in [0.15, 0.2) is 0 Å². The molecule has 0 radical (unpaired) electrons. The van der Waals surface area contributed by atoms with Gasteiger partial charge in [-0.1, -0.05) is 36.4 Å². The third kappa shape index (κ3) is 5.07. The van der Waals surface area contributed by atoms with Crippen molar-refractivity contribution >= 4 is 17.5 Å². The number of hydrogen-bond acceptors (Lipinski definition) is 5. The van der Waals surface area contributed by atoms with Crippen molar-refractivity contribution in [3.05, 3.63) is 77.6 Å². The summed E-state index contributed by atoms with van der Waals surface area (Å²) in [6, 6.07) is 15.5. The smallest absolute Gasteiger partial charge is 0.258 e. The molecule has 144 valence electrons. The molecule has 0 bridgehead atoms. The number of para-hydroxylation sites is 2. The van der Waals surface area contributed by atoms with Crippen LogP contribution in [0.5, 0.6) is 5.75 Å². The van der Waals surface area contributed by atoms with Crippen LogP contribution in [0.1, 0.15) is 35.3 Å². The first-order valence-electron chi connectivity index (χ1n) is 9.20. The van der Waals surface area contributed by atoms with Gasteiger partial charge in [0, 0.05) is 18.9 Å². The third-order valence-corrected chi connectivity index (χ3v) is 4.11. The van der Waals surface area contributed by atoms with E-state index in [0.29, 0.717) is 29.5 Å². The maximum atomic E-state index is 12.5. The van der Waals surface area contributed by atoms with Gasteiger partial charge >= 0.3 is 0 Å². The molecule has 0 aliphatic carbocycles. The molecule has 2 N–H and O–H groups in total. The summed E-state index contributed by atoms with van der Waals surface area (Å²) >= 11 is 0. The lowest BCUT2D eigenvalue weighted by atomic mass is 10.1. The summed E-state index contributed by atoms with van der Waals surface area (Å²) in [6.07, 6.45) is 3.03. The van der Waals surface area contributed by atoms with Crippen LogP contribution in [0.2, 0.25) is 0 Å². The van der Waals surface area contributed by atoms with Gasteiger partial charge in [-0.25, -0.2) is 9.97 Å². The second-order valence-electron chi connectivity index (χ2n) is 6.69. The Kier molecular flexibility index (Phi) is 6.22. The summed E-state index contributed by atoms with van der Waals surface area (Å²) in [5.74, 6) is 0.817. The normalized spacial score (nSPS) is 10.6. The highest BCUT2D eigenvalue weighted by atomic mass is 16.5. The Morgan fingerprint density at radius 2 is 1.71 bits per heavy atom. The predicted molar refractivity (Wildman–Crippen MR) is 111 cm³/mol. The first-order chi connectivity index (χ1) is 13.5. The molecule has 0 fully saturated rings. The lowest BCUT2D eigenvalue weighted by Crippen LogP contribution is -2.15. The van der Waals surface area contributed by atoms with Gasteiger partial charge < -0.3 is 15.4 Å². The molecule has 0 saturated carbocycles. The highest BCUT2D eigenvalue weighted by Crippen LogP contribution is 2.25. The molecule has 1 aromatic heterocycles. The summed E-state index contributed by atoms with van der Waals surface area (Å²) in [4.78, 5) is 21.0. The maximum absolute atomic E-state index is 12.5. The number of carbonyl (C=O) groups is 1. The second-order valence-corrected chi connectivity index (χ2v) is 6.69. The van der Waals surface area contributed by atoms with Crippen molar-refractivity contribution in [3.8, 4) is 5.75 Å². The molecule has 0 atom stereocenters. The number of aryl methyl sites for hydroxylation is 1. The van der Waals surface area contributed by atoms with E-state index < -0.39 is 0 Å². The van der Waals surface area contributed by atoms with Crippen molar-refractivity contribution in [2.24, 2.45) is 0 Å². The van der Waals surface area contributed by atoms with Gasteiger partial charge in [-0.05, 0) is 44.0 Å². The maximum Gasteiger partial charge on any atom is 0.258 e. The minimum absolute atomic E-state index is 0.0139. The Morgan fingerprint density at radius 3 is 2.43 bits per heavy atom. The number of rotatable bonds is 7. The number of carbonyl (C=O) groups excluding carboxylic acids is 1. The Labute approximate surface area is 165 Å². The zero-order valence-corrected chi connectivity index (χ0v) is 16.3. The molecule has 6 nitrogen and oxygen atoms in total. The van der Waals surface area contributed by atoms with Crippen molar-refractivity contribution < 1.29 is 9.53 Å². The predicted octanol–water partition coefficient (Wildman–Crippen LogP) is 4.44. The van der Waals surface area contributed by atoms with E-state index in [1.165, 1.54) is 23.5 Å². The van der Waals surface area contributed by atoms with Crippen molar-refractivity contribution in [2.75, 3.05) is 10.6 Å². The van der Waals surface area contributed by atoms with E-state index >= 15 is 0 Å². The van der Waals surface area contributed by atoms with E-state index in [1.807, 2.05) is 44.2 Å². The highest BCUT2D eigenvalue weighted by molar-refractivity contribution is 6.04. The van der Waals surface area contributed by atoms with E-state index in [0.717, 1.165) is 0 Å². The molecule has 0 saturated heterocycles. The number of amides is 1. The van der Waals surface area contributed by atoms with Gasteiger partial charge in [0.2, 0.25) is 5.95 Å². The van der Waals surface area contributed by atoms with Crippen molar-refractivity contribution in [2.45, 2.75) is 33.4 Å². The molecule has 2 aromatic carbocycles. The first kappa shape index (κ1) is 19.4. The topological polar surface area (TPSA) is 76.1 Å². The Balaban J connectivity index is 1.63. The summed E-state index contributed by atoms with van der Waals surface area (Å²) in [5.41, 5.74) is 3.37. The number of hydrogen-bond donors (Lipinski definition) is 2. The number of aromatic nitrogens is 2. The Morgan fingerprint density at radius 1 is 1.04 bits per heavy atom. The van der Waals surface area contributed by atoms with Crippen LogP contribution >= 0.6 is 0 Å². The van der Waals surface area contributed by atoms with Gasteiger partial charge in [0.05, 0.1) is 17.4 Å². The molecule has 28 heavy (non-hydrogen) atoms. The van der Waals surface area contributed by atoms with E-state index in [1.54, 1.807) is 6.07 Å². The summed E-state index contributed by atoms with van der Waals surface area (Å²) in [5, 5.41) is 6.03. The van der Waals surface area contributed by atoms with Gasteiger partial charge in [-0.15, -0.1) is 0 Å². The highest BCUT2D eigenvalue weighted by Gasteiger charge is 2.12. The van der Waals surface area contributed by atoms with Crippen molar-refractivity contribution in [3.63, 3.8) is 0 Å². The quantitative estimate of drug-likeness (QED) is 0.638. The molecule has 1 amide bonds. The van der Waals surface area contributed by atoms with Gasteiger partial charge in [0.25, 0.3) is 5.91 Å². The van der Waals surface area contributed by atoms with Crippen LogP contribution in [0.15, 0.2) is 60.9 Å². The summed E-state index contributed by atoms with van der Waals surface area (Å²) < 4.78 is 5.73. The van der Waals surface area contributed by atoms with Crippen LogP contribution in [-0.4, -0.2) is 22.0 Å². The van der Waals surface area contributed by atoms with Gasteiger partial charge in [-0.2, -0.15) is 0 Å². The fourth-order valence-electron chi connectivity index (χ4n) is 2.64. The summed E-state index contributed by atoms with van der Waals surface area (Å²) in [6.45, 7) is 6.56. The zero-order valence-electron chi connectivity index (χ0n) is 16.3. The number of benzene rings is 2. The SMILES string of the molecule is Cc1ccccc1CNc1ncc(C(=O)Nc2ccccc2OC(C)C)cn1. The Bertz CT molecular complexity index is 939. The van der Waals surface area contributed by atoms with Gasteiger partial charge in [-0.3, -0.25) is 4.79 Å². The molecular weight excluding hydrogens is 352 g/mol. The van der Waals surface area contributed by atoms with E-state index in [9.17, 15) is 4.79 Å². The minimum Gasteiger partial charge on any atom is -0.489 e. The van der Waals surface area contributed by atoms with Crippen LogP contribution in [0, 0.1) is 6.92 Å². The average molecular weight is 376 g/mol. The molecule has 0 aliphatic rings. The zero-order chi connectivity index (χ0) is 19.9. The largest absolute Gasteiger partial charge is 0.489 e. The summed E-state index contributed by atoms with van der Waals surface area (Å²) in [7, 11) is 0. The van der Waals surface area contributed by atoms with Crippen LogP contribution in [0.4, 0.5) is 11.6 Å². The third-order valence-electron chi connectivity index (χ3n) is 4.11. The van der Waals surface area contributed by atoms with E-state index in [4.69, 9.17) is 4.74 Å². The molecule has 0 spiro atoms. The van der Waals surface area contributed by atoms with Crippen molar-refractivity contribution in [1.82, 2.24) is 9.97 Å². The fourth-order valence-corrected chi connectivity index (χ4v) is 2.64. The van der Waals surface area contributed by atoms with Crippen LogP contribution in [-0.2, 0) is 6.54 Å². The fraction of sp³-hybridized carbons (Fsp3) is 0.227. The molecule has 6 heteroatoms. The van der Waals surface area contributed by atoms with E-state index in [-0.39, 0.29) is 12.0 Å². The molecule has 1 heterocycles. The standard InChI is InChI=1S/C22H24N4O2/c1-15(2)28-20-11-7-6-10-19(20)26-21(27)18-13-24-22(25-14-18)23-12-17-9-5-4-8-16(17)3/h4-11,13-15H,12H2,1-3H3,(H,26,27)(H,23,24,25). The van der Waals surface area contributed by atoms with E-state index in [2.05, 4.69) is 39.7 Å². The second kappa shape index (κ2) is 8.99. The number of nitrogens with zero attached hydrogens (tertiary/aromatic N) is 2. The molecule has 3 aromatic rings. The van der Waals surface area contributed by atoms with Gasteiger partial charge in [0.1, 0.15) is 5.75 Å². The molecule has 0 aliphatic heterocycles. The molecule has 0 unspecified atom stereocenters. The average Bonchev–Trinajstić information content (AvgIpc) is 2.69. The number of anilines is 2.